The number of carbonyl (C=O) groups is 2. The number of ketones is 1. The molecule has 0 spiro atoms. The number of carbonyl (C=O) groups excluding carboxylic acids is 2. The smallest absolute Gasteiger partial charge is 0.314 e. The minimum atomic E-state index is -0.368. The van der Waals surface area contributed by atoms with Crippen molar-refractivity contribution in [1.29, 1.82) is 0 Å². The molecule has 2 fully saturated rings. The molecule has 2 heterocycles. The minimum absolute atomic E-state index is 0.0719. The maximum absolute atomic E-state index is 13.0. The Morgan fingerprint density at radius 3 is 2.74 bits per heavy atom. The first-order valence-electron chi connectivity index (χ1n) is 11.2. The second-order valence-corrected chi connectivity index (χ2v) is 9.32. The number of hydrogen-bond donors (Lipinski definition) is 3. The number of aryl methyl sites for hydroxylation is 1. The molecule has 1 aromatic heterocycles. The van der Waals surface area contributed by atoms with Crippen molar-refractivity contribution in [3.8, 4) is 0 Å². The molecule has 8 heteroatoms. The fourth-order valence-electron chi connectivity index (χ4n) is 4.32. The van der Waals surface area contributed by atoms with E-state index in [2.05, 4.69) is 25.8 Å². The zero-order valence-corrected chi connectivity index (χ0v) is 18.9. The third-order valence-electron chi connectivity index (χ3n) is 6.08. The zero-order chi connectivity index (χ0) is 21.6. The number of Topliss-reactive ketones (excluding diaryl/α,β-unsaturated/α-hetero) is 1. The molecule has 0 bridgehead atoms. The SMILES string of the molecule is Cc1ccc(NC(=O)Nc2nc(CCN3CCNCC3)cs2)c(C(=O)C2CCCC2)c1. The van der Waals surface area contributed by atoms with E-state index in [0.29, 0.717) is 16.4 Å². The van der Waals surface area contributed by atoms with Gasteiger partial charge in [0.15, 0.2) is 10.9 Å². The van der Waals surface area contributed by atoms with Crippen molar-refractivity contribution in [3.63, 3.8) is 0 Å². The van der Waals surface area contributed by atoms with Gasteiger partial charge in [0.05, 0.1) is 11.4 Å². The van der Waals surface area contributed by atoms with Gasteiger partial charge in [0.1, 0.15) is 0 Å². The number of thiazole rings is 1. The summed E-state index contributed by atoms with van der Waals surface area (Å²) in [6.07, 6.45) is 4.96. The summed E-state index contributed by atoms with van der Waals surface area (Å²) >= 11 is 1.43. The van der Waals surface area contributed by atoms with Crippen molar-refractivity contribution in [2.75, 3.05) is 43.4 Å². The Labute approximate surface area is 187 Å². The maximum atomic E-state index is 13.0. The van der Waals surface area contributed by atoms with Crippen LogP contribution in [0.5, 0.6) is 0 Å². The van der Waals surface area contributed by atoms with Gasteiger partial charge in [0.2, 0.25) is 0 Å². The minimum Gasteiger partial charge on any atom is -0.314 e. The quantitative estimate of drug-likeness (QED) is 0.567. The van der Waals surface area contributed by atoms with Gasteiger partial charge in [-0.05, 0) is 31.9 Å². The average molecular weight is 442 g/mol. The monoisotopic (exact) mass is 441 g/mol. The molecule has 31 heavy (non-hydrogen) atoms. The zero-order valence-electron chi connectivity index (χ0n) is 18.1. The number of anilines is 2. The van der Waals surface area contributed by atoms with Crippen LogP contribution in [0.2, 0.25) is 0 Å². The molecule has 1 saturated heterocycles. The van der Waals surface area contributed by atoms with Gasteiger partial charge in [-0.25, -0.2) is 9.78 Å². The van der Waals surface area contributed by atoms with Crippen LogP contribution in [0.1, 0.15) is 47.3 Å². The van der Waals surface area contributed by atoms with Crippen LogP contribution in [0.25, 0.3) is 0 Å². The number of rotatable bonds is 7. The maximum Gasteiger partial charge on any atom is 0.325 e. The van der Waals surface area contributed by atoms with Gasteiger partial charge in [-0.1, -0.05) is 24.5 Å². The highest BCUT2D eigenvalue weighted by Crippen LogP contribution is 2.31. The summed E-state index contributed by atoms with van der Waals surface area (Å²) in [5.41, 5.74) is 3.18. The topological polar surface area (TPSA) is 86.4 Å². The highest BCUT2D eigenvalue weighted by Gasteiger charge is 2.26. The Hall–Kier alpha value is -2.29. The van der Waals surface area contributed by atoms with Crippen LogP contribution in [-0.4, -0.2) is 54.4 Å². The standard InChI is InChI=1S/C23H31N5O2S/c1-16-6-7-20(19(14-16)21(29)17-4-2-3-5-17)26-22(30)27-23-25-18(15-31-23)8-11-28-12-9-24-10-13-28/h6-7,14-15,17,24H,2-5,8-13H2,1H3,(H2,25,26,27,30). The lowest BCUT2D eigenvalue weighted by molar-refractivity contribution is 0.0923. The predicted molar refractivity (Wildman–Crippen MR) is 125 cm³/mol. The van der Waals surface area contributed by atoms with Crippen LogP contribution >= 0.6 is 11.3 Å². The van der Waals surface area contributed by atoms with E-state index in [1.165, 1.54) is 11.3 Å². The molecule has 0 atom stereocenters. The Morgan fingerprint density at radius 2 is 1.97 bits per heavy atom. The van der Waals surface area contributed by atoms with Crippen molar-refractivity contribution < 1.29 is 9.59 Å². The van der Waals surface area contributed by atoms with Crippen LogP contribution in [0.3, 0.4) is 0 Å². The number of urea groups is 1. The summed E-state index contributed by atoms with van der Waals surface area (Å²) in [5, 5.41) is 11.6. The third-order valence-corrected chi connectivity index (χ3v) is 6.89. The van der Waals surface area contributed by atoms with E-state index in [1.807, 2.05) is 30.5 Å². The lowest BCUT2D eigenvalue weighted by Gasteiger charge is -2.26. The van der Waals surface area contributed by atoms with Crippen LogP contribution < -0.4 is 16.0 Å². The van der Waals surface area contributed by atoms with Crippen LogP contribution in [0.15, 0.2) is 23.6 Å². The number of piperazine rings is 1. The molecule has 1 aliphatic carbocycles. The van der Waals surface area contributed by atoms with Crippen molar-refractivity contribution in [3.05, 3.63) is 40.4 Å². The molecule has 166 valence electrons. The Morgan fingerprint density at radius 1 is 1.19 bits per heavy atom. The van der Waals surface area contributed by atoms with E-state index >= 15 is 0 Å². The number of benzene rings is 1. The summed E-state index contributed by atoms with van der Waals surface area (Å²) in [5.74, 6) is 0.212. The fourth-order valence-corrected chi connectivity index (χ4v) is 5.06. The van der Waals surface area contributed by atoms with E-state index in [0.717, 1.165) is 76.1 Å². The number of hydrogen-bond acceptors (Lipinski definition) is 6. The van der Waals surface area contributed by atoms with Gasteiger partial charge in [0.25, 0.3) is 0 Å². The largest absolute Gasteiger partial charge is 0.325 e. The molecule has 3 N–H and O–H groups in total. The van der Waals surface area contributed by atoms with Crippen LogP contribution in [0, 0.1) is 12.8 Å². The van der Waals surface area contributed by atoms with Crippen LogP contribution in [-0.2, 0) is 6.42 Å². The first-order valence-corrected chi connectivity index (χ1v) is 12.1. The number of nitrogens with zero attached hydrogens (tertiary/aromatic N) is 2. The third kappa shape index (κ3) is 5.90. The Kier molecular flexibility index (Phi) is 7.32. The van der Waals surface area contributed by atoms with E-state index in [-0.39, 0.29) is 17.7 Å². The molecular weight excluding hydrogens is 410 g/mol. The molecule has 2 aromatic rings. The summed E-state index contributed by atoms with van der Waals surface area (Å²) in [4.78, 5) is 32.5. The lowest BCUT2D eigenvalue weighted by Crippen LogP contribution is -2.44. The van der Waals surface area contributed by atoms with Gasteiger partial charge in [0, 0.05) is 56.0 Å². The van der Waals surface area contributed by atoms with E-state index in [4.69, 9.17) is 0 Å². The second-order valence-electron chi connectivity index (χ2n) is 8.46. The van der Waals surface area contributed by atoms with E-state index in [9.17, 15) is 9.59 Å². The van der Waals surface area contributed by atoms with Gasteiger partial charge in [-0.3, -0.25) is 10.1 Å². The molecule has 1 aromatic carbocycles. The highest BCUT2D eigenvalue weighted by molar-refractivity contribution is 7.13. The lowest BCUT2D eigenvalue weighted by atomic mass is 9.94. The molecule has 1 aliphatic heterocycles. The Bertz CT molecular complexity index is 916. The van der Waals surface area contributed by atoms with Crippen molar-refractivity contribution in [1.82, 2.24) is 15.2 Å². The van der Waals surface area contributed by atoms with Gasteiger partial charge in [-0.2, -0.15) is 0 Å². The molecule has 0 radical (unpaired) electrons. The van der Waals surface area contributed by atoms with E-state index in [1.54, 1.807) is 0 Å². The highest BCUT2D eigenvalue weighted by atomic mass is 32.1. The summed E-state index contributed by atoms with van der Waals surface area (Å²) in [6.45, 7) is 7.15. The van der Waals surface area contributed by atoms with Gasteiger partial charge >= 0.3 is 6.03 Å². The van der Waals surface area contributed by atoms with Crippen molar-refractivity contribution >= 4 is 34.0 Å². The molecule has 7 nitrogen and oxygen atoms in total. The van der Waals surface area contributed by atoms with Gasteiger partial charge in [-0.15, -0.1) is 11.3 Å². The van der Waals surface area contributed by atoms with Crippen molar-refractivity contribution in [2.24, 2.45) is 5.92 Å². The first-order chi connectivity index (χ1) is 15.1. The van der Waals surface area contributed by atoms with Crippen molar-refractivity contribution in [2.45, 2.75) is 39.0 Å². The number of amides is 2. The molecule has 2 aliphatic rings. The second kappa shape index (κ2) is 10.3. The number of nitrogens with one attached hydrogen (secondary N) is 3. The van der Waals surface area contributed by atoms with Crippen LogP contribution in [0.4, 0.5) is 15.6 Å². The first kappa shape index (κ1) is 21.9. The molecule has 4 rings (SSSR count). The predicted octanol–water partition coefficient (Wildman–Crippen LogP) is 3.92. The number of aromatic nitrogens is 1. The summed E-state index contributed by atoms with van der Waals surface area (Å²) in [6, 6.07) is 5.25. The molecular formula is C23H31N5O2S. The summed E-state index contributed by atoms with van der Waals surface area (Å²) < 4.78 is 0. The fraction of sp³-hybridized carbons (Fsp3) is 0.522. The van der Waals surface area contributed by atoms with E-state index < -0.39 is 0 Å². The molecule has 1 saturated carbocycles. The Balaban J connectivity index is 1.34. The molecule has 0 unspecified atom stereocenters. The normalized spacial score (nSPS) is 17.6. The average Bonchev–Trinajstić information content (AvgIpc) is 3.46. The molecule has 2 amide bonds. The summed E-state index contributed by atoms with van der Waals surface area (Å²) in [7, 11) is 0. The van der Waals surface area contributed by atoms with Gasteiger partial charge < -0.3 is 15.5 Å².